The number of hydrogen-bond acceptors (Lipinski definition) is 5. The van der Waals surface area contributed by atoms with Gasteiger partial charge in [0.1, 0.15) is 5.56 Å². The summed E-state index contributed by atoms with van der Waals surface area (Å²) in [6.07, 6.45) is -0.138. The Morgan fingerprint density at radius 1 is 1.47 bits per heavy atom. The van der Waals surface area contributed by atoms with Crippen molar-refractivity contribution in [3.8, 4) is 0 Å². The number of carboxylic acids is 1. The molecule has 6 heteroatoms. The van der Waals surface area contributed by atoms with Gasteiger partial charge in [0.05, 0.1) is 24.1 Å². The predicted molar refractivity (Wildman–Crippen MR) is 71.8 cm³/mol. The van der Waals surface area contributed by atoms with Gasteiger partial charge in [0.15, 0.2) is 0 Å². The molecule has 0 fully saturated rings. The van der Waals surface area contributed by atoms with E-state index in [9.17, 15) is 9.90 Å². The highest BCUT2D eigenvalue weighted by molar-refractivity contribution is 5.95. The second-order valence-corrected chi connectivity index (χ2v) is 4.27. The van der Waals surface area contributed by atoms with Gasteiger partial charge in [0.2, 0.25) is 0 Å². The highest BCUT2D eigenvalue weighted by Crippen LogP contribution is 2.19. The maximum atomic E-state index is 11.3. The van der Waals surface area contributed by atoms with Crippen molar-refractivity contribution < 1.29 is 19.4 Å². The van der Waals surface area contributed by atoms with Crippen LogP contribution in [0.3, 0.4) is 0 Å². The number of aromatic nitrogens is 1. The van der Waals surface area contributed by atoms with Gasteiger partial charge in [-0.25, -0.2) is 4.79 Å². The lowest BCUT2D eigenvalue weighted by Gasteiger charge is -2.17. The van der Waals surface area contributed by atoms with Crippen LogP contribution in [0, 0.1) is 13.8 Å². The first kappa shape index (κ1) is 15.4. The Hall–Kier alpha value is -1.66. The predicted octanol–water partition coefficient (Wildman–Crippen LogP) is 1.47. The minimum atomic E-state index is -0.992. The molecule has 0 aliphatic carbocycles. The van der Waals surface area contributed by atoms with Gasteiger partial charge in [0, 0.05) is 26.5 Å². The van der Waals surface area contributed by atoms with Crippen molar-refractivity contribution in [2.45, 2.75) is 20.0 Å². The number of aromatic carboxylic acids is 1. The summed E-state index contributed by atoms with van der Waals surface area (Å²) < 4.78 is 10.2. The number of nitrogens with zero attached hydrogens (tertiary/aromatic N) is 1. The molecule has 6 nitrogen and oxygen atoms in total. The molecular weight excluding hydrogens is 248 g/mol. The summed E-state index contributed by atoms with van der Waals surface area (Å²) in [6.45, 7) is 4.42. The molecule has 1 aromatic rings. The van der Waals surface area contributed by atoms with Gasteiger partial charge in [-0.1, -0.05) is 0 Å². The SMILES string of the molecule is COCC(CNc1cc(C)nc(C)c1C(=O)O)OC. The summed E-state index contributed by atoms with van der Waals surface area (Å²) in [6, 6.07) is 1.72. The average Bonchev–Trinajstić information content (AvgIpc) is 2.32. The van der Waals surface area contributed by atoms with E-state index in [0.717, 1.165) is 5.69 Å². The monoisotopic (exact) mass is 268 g/mol. The minimum absolute atomic E-state index is 0.138. The van der Waals surface area contributed by atoms with Crippen molar-refractivity contribution in [3.63, 3.8) is 0 Å². The normalized spacial score (nSPS) is 12.2. The zero-order valence-corrected chi connectivity index (χ0v) is 11.7. The molecule has 1 aromatic heterocycles. The van der Waals surface area contributed by atoms with Crippen LogP contribution in [-0.2, 0) is 9.47 Å². The Kier molecular flexibility index (Phi) is 5.72. The quantitative estimate of drug-likeness (QED) is 0.779. The zero-order valence-electron chi connectivity index (χ0n) is 11.7. The number of carboxylic acid groups (broad SMARTS) is 1. The van der Waals surface area contributed by atoms with Crippen LogP contribution in [0.15, 0.2) is 6.07 Å². The molecule has 0 saturated carbocycles. The van der Waals surface area contributed by atoms with E-state index >= 15 is 0 Å². The number of nitrogens with one attached hydrogen (secondary N) is 1. The van der Waals surface area contributed by atoms with Crippen LogP contribution < -0.4 is 5.32 Å². The Morgan fingerprint density at radius 3 is 2.68 bits per heavy atom. The first-order valence-electron chi connectivity index (χ1n) is 5.96. The summed E-state index contributed by atoms with van der Waals surface area (Å²) in [5.41, 5.74) is 2.01. The summed E-state index contributed by atoms with van der Waals surface area (Å²) in [5, 5.41) is 12.3. The van der Waals surface area contributed by atoms with E-state index in [1.54, 1.807) is 27.2 Å². The van der Waals surface area contributed by atoms with Crippen LogP contribution in [0.1, 0.15) is 21.7 Å². The number of pyridine rings is 1. The Morgan fingerprint density at radius 2 is 2.16 bits per heavy atom. The van der Waals surface area contributed by atoms with E-state index in [-0.39, 0.29) is 11.7 Å². The molecule has 0 aliphatic heterocycles. The van der Waals surface area contributed by atoms with Crippen LogP contribution in [-0.4, -0.2) is 49.5 Å². The molecule has 1 rings (SSSR count). The van der Waals surface area contributed by atoms with Crippen molar-refractivity contribution in [1.82, 2.24) is 4.98 Å². The molecule has 0 saturated heterocycles. The van der Waals surface area contributed by atoms with Crippen LogP contribution in [0.2, 0.25) is 0 Å². The van der Waals surface area contributed by atoms with E-state index in [4.69, 9.17) is 9.47 Å². The van der Waals surface area contributed by atoms with Crippen LogP contribution in [0.25, 0.3) is 0 Å². The van der Waals surface area contributed by atoms with Gasteiger partial charge in [-0.05, 0) is 19.9 Å². The second kappa shape index (κ2) is 7.06. The lowest BCUT2D eigenvalue weighted by Crippen LogP contribution is -2.27. The van der Waals surface area contributed by atoms with E-state index in [1.807, 2.05) is 6.92 Å². The zero-order chi connectivity index (χ0) is 14.4. The Bertz CT molecular complexity index is 449. The van der Waals surface area contributed by atoms with Gasteiger partial charge < -0.3 is 19.9 Å². The average molecular weight is 268 g/mol. The third kappa shape index (κ3) is 4.18. The molecule has 1 atom stereocenters. The summed E-state index contributed by atoms with van der Waals surface area (Å²) in [7, 11) is 3.18. The fourth-order valence-electron chi connectivity index (χ4n) is 1.86. The Balaban J connectivity index is 2.90. The van der Waals surface area contributed by atoms with E-state index < -0.39 is 5.97 Å². The topological polar surface area (TPSA) is 80.7 Å². The van der Waals surface area contributed by atoms with Crippen LogP contribution >= 0.6 is 0 Å². The molecule has 0 aromatic carbocycles. The van der Waals surface area contributed by atoms with Crippen LogP contribution in [0.4, 0.5) is 5.69 Å². The second-order valence-electron chi connectivity index (χ2n) is 4.27. The molecule has 0 aliphatic rings. The number of anilines is 1. The van der Waals surface area contributed by atoms with Gasteiger partial charge in [-0.3, -0.25) is 4.98 Å². The number of rotatable bonds is 7. The standard InChI is InChI=1S/C13H20N2O4/c1-8-5-11(12(13(16)17)9(2)15-8)14-6-10(19-4)7-18-3/h5,10H,6-7H2,1-4H3,(H,14,15)(H,16,17). The first-order valence-corrected chi connectivity index (χ1v) is 5.96. The van der Waals surface area contributed by atoms with Gasteiger partial charge >= 0.3 is 5.97 Å². The van der Waals surface area contributed by atoms with E-state index in [1.165, 1.54) is 0 Å². The minimum Gasteiger partial charge on any atom is -0.478 e. The lowest BCUT2D eigenvalue weighted by atomic mass is 10.1. The summed E-state index contributed by atoms with van der Waals surface area (Å²) in [4.78, 5) is 15.4. The summed E-state index contributed by atoms with van der Waals surface area (Å²) >= 11 is 0. The van der Waals surface area contributed by atoms with Gasteiger partial charge in [-0.2, -0.15) is 0 Å². The third-order valence-corrected chi connectivity index (χ3v) is 2.75. The number of carbonyl (C=O) groups is 1. The van der Waals surface area contributed by atoms with Crippen LogP contribution in [0.5, 0.6) is 0 Å². The molecule has 106 valence electrons. The fourth-order valence-corrected chi connectivity index (χ4v) is 1.86. The fraction of sp³-hybridized carbons (Fsp3) is 0.538. The van der Waals surface area contributed by atoms with Crippen molar-refractivity contribution >= 4 is 11.7 Å². The largest absolute Gasteiger partial charge is 0.478 e. The maximum absolute atomic E-state index is 11.3. The van der Waals surface area contributed by atoms with Gasteiger partial charge in [-0.15, -0.1) is 0 Å². The summed E-state index contributed by atoms with van der Waals surface area (Å²) in [5.74, 6) is -0.992. The first-order chi connectivity index (χ1) is 8.99. The smallest absolute Gasteiger partial charge is 0.339 e. The Labute approximate surface area is 112 Å². The van der Waals surface area contributed by atoms with Gasteiger partial charge in [0.25, 0.3) is 0 Å². The third-order valence-electron chi connectivity index (χ3n) is 2.75. The number of methoxy groups -OCH3 is 2. The lowest BCUT2D eigenvalue weighted by molar-refractivity contribution is 0.0365. The highest BCUT2D eigenvalue weighted by atomic mass is 16.5. The number of hydrogen-bond donors (Lipinski definition) is 2. The van der Waals surface area contributed by atoms with E-state index in [0.29, 0.717) is 24.5 Å². The molecule has 1 heterocycles. The van der Waals surface area contributed by atoms with E-state index in [2.05, 4.69) is 10.3 Å². The number of ether oxygens (including phenoxy) is 2. The van der Waals surface area contributed by atoms with Crippen molar-refractivity contribution in [2.75, 3.05) is 32.7 Å². The molecule has 0 radical (unpaired) electrons. The molecule has 1 unspecified atom stereocenters. The van der Waals surface area contributed by atoms with Crippen molar-refractivity contribution in [1.29, 1.82) is 0 Å². The molecule has 2 N–H and O–H groups in total. The highest BCUT2D eigenvalue weighted by Gasteiger charge is 2.16. The van der Waals surface area contributed by atoms with Crippen molar-refractivity contribution in [3.05, 3.63) is 23.0 Å². The molecular formula is C13H20N2O4. The molecule has 0 amide bonds. The maximum Gasteiger partial charge on any atom is 0.339 e. The molecule has 0 spiro atoms. The van der Waals surface area contributed by atoms with Crippen molar-refractivity contribution in [2.24, 2.45) is 0 Å². The number of aryl methyl sites for hydroxylation is 2. The molecule has 19 heavy (non-hydrogen) atoms. The molecule has 0 bridgehead atoms.